The molecule has 0 aliphatic carbocycles. The third kappa shape index (κ3) is 5.14. The Bertz CT molecular complexity index is 915. The van der Waals surface area contributed by atoms with Gasteiger partial charge in [0, 0.05) is 16.5 Å². The first-order chi connectivity index (χ1) is 13.6. The van der Waals surface area contributed by atoms with Crippen molar-refractivity contribution in [3.8, 4) is 22.8 Å². The maximum Gasteiger partial charge on any atom is 0.166 e. The fourth-order valence-corrected chi connectivity index (χ4v) is 3.30. The summed E-state index contributed by atoms with van der Waals surface area (Å²) in [4.78, 5) is 13.9. The van der Waals surface area contributed by atoms with Crippen molar-refractivity contribution in [3.63, 3.8) is 0 Å². The second kappa shape index (κ2) is 9.74. The molecule has 0 aliphatic heterocycles. The van der Waals surface area contributed by atoms with Gasteiger partial charge in [0.2, 0.25) is 0 Å². The van der Waals surface area contributed by atoms with E-state index < -0.39 is 5.82 Å². The van der Waals surface area contributed by atoms with Gasteiger partial charge in [0.15, 0.2) is 11.6 Å². The first-order valence-electron chi connectivity index (χ1n) is 9.85. The van der Waals surface area contributed by atoms with Gasteiger partial charge in [0.25, 0.3) is 0 Å². The molecule has 0 saturated carbocycles. The minimum Gasteiger partial charge on any atom is -0.213 e. The lowest BCUT2D eigenvalue weighted by Crippen LogP contribution is -2.07. The van der Waals surface area contributed by atoms with E-state index in [1.807, 2.05) is 30.3 Å². The predicted octanol–water partition coefficient (Wildman–Crippen LogP) is 7.07. The Morgan fingerprint density at radius 2 is 1.68 bits per heavy atom. The van der Waals surface area contributed by atoms with Crippen LogP contribution in [0.2, 0.25) is 5.02 Å². The molecule has 1 atom stereocenters. The summed E-state index contributed by atoms with van der Waals surface area (Å²) in [5.74, 6) is 1.35. The summed E-state index contributed by atoms with van der Waals surface area (Å²) in [5.41, 5.74) is 1.18. The molecule has 1 heterocycles. The van der Waals surface area contributed by atoms with Crippen molar-refractivity contribution in [1.82, 2.24) is 15.0 Å². The van der Waals surface area contributed by atoms with E-state index in [2.05, 4.69) is 23.8 Å². The van der Waals surface area contributed by atoms with Crippen LogP contribution in [0.25, 0.3) is 22.8 Å². The molecule has 0 N–H and O–H groups in total. The molecule has 146 valence electrons. The molecule has 1 aromatic heterocycles. The lowest BCUT2D eigenvalue weighted by Gasteiger charge is -2.13. The van der Waals surface area contributed by atoms with Crippen molar-refractivity contribution >= 4 is 11.6 Å². The quantitative estimate of drug-likeness (QED) is 0.381. The molecule has 5 heteroatoms. The van der Waals surface area contributed by atoms with Crippen molar-refractivity contribution in [2.75, 3.05) is 0 Å². The van der Waals surface area contributed by atoms with Crippen LogP contribution in [0.4, 0.5) is 4.39 Å². The number of rotatable bonds is 8. The van der Waals surface area contributed by atoms with E-state index in [0.29, 0.717) is 28.1 Å². The SMILES string of the molecule is CCCCCCC(C)c1nc(-c2ccccc2)nc(-c2cc(Cl)ccc2F)n1. The Balaban J connectivity index is 2.00. The molecule has 0 fully saturated rings. The molecule has 0 spiro atoms. The highest BCUT2D eigenvalue weighted by Crippen LogP contribution is 2.28. The zero-order valence-corrected chi connectivity index (χ0v) is 17.1. The van der Waals surface area contributed by atoms with E-state index in [0.717, 1.165) is 18.4 Å². The minimum absolute atomic E-state index is 0.170. The van der Waals surface area contributed by atoms with Gasteiger partial charge < -0.3 is 0 Å². The summed E-state index contributed by atoms with van der Waals surface area (Å²) in [6.45, 7) is 4.32. The van der Waals surface area contributed by atoms with Crippen molar-refractivity contribution in [2.24, 2.45) is 0 Å². The van der Waals surface area contributed by atoms with Gasteiger partial charge in [0.1, 0.15) is 11.6 Å². The maximum absolute atomic E-state index is 14.5. The molecule has 0 aliphatic rings. The van der Waals surface area contributed by atoms with Crippen LogP contribution < -0.4 is 0 Å². The van der Waals surface area contributed by atoms with Crippen molar-refractivity contribution in [2.45, 2.75) is 51.9 Å². The van der Waals surface area contributed by atoms with E-state index in [9.17, 15) is 4.39 Å². The largest absolute Gasteiger partial charge is 0.213 e. The van der Waals surface area contributed by atoms with Crippen molar-refractivity contribution in [1.29, 1.82) is 0 Å². The van der Waals surface area contributed by atoms with Gasteiger partial charge in [-0.3, -0.25) is 0 Å². The van der Waals surface area contributed by atoms with Crippen LogP contribution in [0.1, 0.15) is 57.7 Å². The zero-order chi connectivity index (χ0) is 19.9. The highest BCUT2D eigenvalue weighted by molar-refractivity contribution is 6.30. The van der Waals surface area contributed by atoms with E-state index in [1.165, 1.54) is 31.4 Å². The number of halogens is 2. The summed E-state index contributed by atoms with van der Waals surface area (Å²) in [7, 11) is 0. The number of nitrogens with zero attached hydrogens (tertiary/aromatic N) is 3. The number of benzene rings is 2. The minimum atomic E-state index is -0.392. The second-order valence-electron chi connectivity index (χ2n) is 7.08. The maximum atomic E-state index is 14.5. The van der Waals surface area contributed by atoms with Crippen LogP contribution in [-0.2, 0) is 0 Å². The second-order valence-corrected chi connectivity index (χ2v) is 7.52. The van der Waals surface area contributed by atoms with E-state index in [-0.39, 0.29) is 5.92 Å². The summed E-state index contributed by atoms with van der Waals surface area (Å²) in [6.07, 6.45) is 5.76. The molecular weight excluding hydrogens is 373 g/mol. The number of hydrogen-bond acceptors (Lipinski definition) is 3. The predicted molar refractivity (Wildman–Crippen MR) is 113 cm³/mol. The summed E-state index contributed by atoms with van der Waals surface area (Å²) in [6, 6.07) is 14.1. The topological polar surface area (TPSA) is 38.7 Å². The molecule has 2 aromatic carbocycles. The number of unbranched alkanes of at least 4 members (excludes halogenated alkanes) is 3. The molecule has 0 bridgehead atoms. The molecule has 3 nitrogen and oxygen atoms in total. The van der Waals surface area contributed by atoms with Gasteiger partial charge in [-0.25, -0.2) is 19.3 Å². The van der Waals surface area contributed by atoms with Gasteiger partial charge in [-0.1, -0.05) is 81.5 Å². The zero-order valence-electron chi connectivity index (χ0n) is 16.3. The van der Waals surface area contributed by atoms with Crippen molar-refractivity contribution in [3.05, 3.63) is 65.2 Å². The molecule has 3 aromatic rings. The van der Waals surface area contributed by atoms with Crippen LogP contribution in [0, 0.1) is 5.82 Å². The Morgan fingerprint density at radius 1 is 0.929 bits per heavy atom. The average Bonchev–Trinajstić information content (AvgIpc) is 2.73. The molecule has 0 radical (unpaired) electrons. The Kier molecular flexibility index (Phi) is 7.10. The lowest BCUT2D eigenvalue weighted by molar-refractivity contribution is 0.560. The molecule has 3 rings (SSSR count). The average molecular weight is 398 g/mol. The highest BCUT2D eigenvalue weighted by atomic mass is 35.5. The highest BCUT2D eigenvalue weighted by Gasteiger charge is 2.17. The van der Waals surface area contributed by atoms with Crippen LogP contribution in [0.3, 0.4) is 0 Å². The number of hydrogen-bond donors (Lipinski definition) is 0. The first-order valence-corrected chi connectivity index (χ1v) is 10.2. The standard InChI is InChI=1S/C23H25ClFN3/c1-3-4-5-7-10-16(2)21-26-22(17-11-8-6-9-12-17)28-23(27-21)19-15-18(24)13-14-20(19)25/h6,8-9,11-16H,3-5,7,10H2,1-2H3. The van der Waals surface area contributed by atoms with Crippen LogP contribution in [0.5, 0.6) is 0 Å². The Labute approximate surface area is 171 Å². The van der Waals surface area contributed by atoms with Crippen molar-refractivity contribution < 1.29 is 4.39 Å². The summed E-state index contributed by atoms with van der Waals surface area (Å²) in [5, 5.41) is 0.451. The molecule has 1 unspecified atom stereocenters. The molecular formula is C23H25ClFN3. The van der Waals surface area contributed by atoms with Crippen LogP contribution >= 0.6 is 11.6 Å². The lowest BCUT2D eigenvalue weighted by atomic mass is 10.0. The van der Waals surface area contributed by atoms with Gasteiger partial charge >= 0.3 is 0 Å². The van der Waals surface area contributed by atoms with Gasteiger partial charge in [-0.05, 0) is 24.6 Å². The van der Waals surface area contributed by atoms with E-state index in [1.54, 1.807) is 6.07 Å². The summed E-state index contributed by atoms with van der Waals surface area (Å²) < 4.78 is 14.5. The van der Waals surface area contributed by atoms with E-state index >= 15 is 0 Å². The van der Waals surface area contributed by atoms with Crippen LogP contribution in [0.15, 0.2) is 48.5 Å². The smallest absolute Gasteiger partial charge is 0.166 e. The Morgan fingerprint density at radius 3 is 2.43 bits per heavy atom. The molecule has 0 saturated heterocycles. The third-order valence-corrected chi connectivity index (χ3v) is 5.02. The molecule has 0 amide bonds. The summed E-state index contributed by atoms with van der Waals surface area (Å²) >= 11 is 6.09. The monoisotopic (exact) mass is 397 g/mol. The third-order valence-electron chi connectivity index (χ3n) is 4.79. The molecule has 28 heavy (non-hydrogen) atoms. The van der Waals surface area contributed by atoms with E-state index in [4.69, 9.17) is 16.6 Å². The van der Waals surface area contributed by atoms with Gasteiger partial charge in [-0.15, -0.1) is 0 Å². The Hall–Kier alpha value is -2.33. The van der Waals surface area contributed by atoms with Crippen LogP contribution in [-0.4, -0.2) is 15.0 Å². The van der Waals surface area contributed by atoms with Gasteiger partial charge in [0.05, 0.1) is 5.56 Å². The number of aromatic nitrogens is 3. The fourth-order valence-electron chi connectivity index (χ4n) is 3.12. The normalized spacial score (nSPS) is 12.1. The first kappa shape index (κ1) is 20.4. The fraction of sp³-hybridized carbons (Fsp3) is 0.348. The van der Waals surface area contributed by atoms with Gasteiger partial charge in [-0.2, -0.15) is 0 Å².